The zero-order valence-corrected chi connectivity index (χ0v) is 8.62. The molecule has 2 saturated heterocycles. The molecule has 3 atom stereocenters. The molecular weight excluding hydrogens is 164 g/mol. The number of piperazine rings is 1. The molecule has 13 heavy (non-hydrogen) atoms. The maximum absolute atomic E-state index is 5.61. The number of nitrogens with zero attached hydrogens (tertiary/aromatic N) is 1. The first-order valence-corrected chi connectivity index (χ1v) is 5.31. The van der Waals surface area contributed by atoms with Gasteiger partial charge in [-0.2, -0.15) is 0 Å². The van der Waals surface area contributed by atoms with E-state index >= 15 is 0 Å². The molecule has 0 aromatic heterocycles. The molecule has 0 amide bonds. The highest BCUT2D eigenvalue weighted by molar-refractivity contribution is 4.88. The molecule has 1 N–H and O–H groups in total. The Labute approximate surface area is 80.4 Å². The molecule has 0 radical (unpaired) electrons. The van der Waals surface area contributed by atoms with E-state index in [1.807, 2.05) is 0 Å². The summed E-state index contributed by atoms with van der Waals surface area (Å²) >= 11 is 0. The van der Waals surface area contributed by atoms with Crippen molar-refractivity contribution in [1.82, 2.24) is 10.2 Å². The van der Waals surface area contributed by atoms with Crippen LogP contribution in [0.25, 0.3) is 0 Å². The summed E-state index contributed by atoms with van der Waals surface area (Å²) in [6, 6.07) is 0.686. The van der Waals surface area contributed by atoms with Gasteiger partial charge in [-0.25, -0.2) is 0 Å². The predicted molar refractivity (Wildman–Crippen MR) is 52.8 cm³/mol. The zero-order chi connectivity index (χ0) is 9.26. The van der Waals surface area contributed by atoms with E-state index < -0.39 is 0 Å². The number of hydrogen-bond acceptors (Lipinski definition) is 3. The summed E-state index contributed by atoms with van der Waals surface area (Å²) in [4.78, 5) is 2.48. The fourth-order valence-electron chi connectivity index (χ4n) is 2.56. The molecule has 2 aliphatic heterocycles. The summed E-state index contributed by atoms with van der Waals surface area (Å²) in [5.41, 5.74) is 0. The van der Waals surface area contributed by atoms with Gasteiger partial charge in [-0.3, -0.25) is 0 Å². The van der Waals surface area contributed by atoms with Crippen molar-refractivity contribution in [1.29, 1.82) is 0 Å². The molecule has 0 saturated carbocycles. The van der Waals surface area contributed by atoms with E-state index in [1.54, 1.807) is 0 Å². The number of nitrogens with one attached hydrogen (secondary N) is 1. The molecule has 2 fully saturated rings. The summed E-state index contributed by atoms with van der Waals surface area (Å²) < 4.78 is 5.61. The lowest BCUT2D eigenvalue weighted by molar-refractivity contribution is 0.0633. The van der Waals surface area contributed by atoms with Gasteiger partial charge in [-0.15, -0.1) is 0 Å². The second-order valence-corrected chi connectivity index (χ2v) is 4.28. The van der Waals surface area contributed by atoms with E-state index in [1.165, 1.54) is 13.0 Å². The van der Waals surface area contributed by atoms with Gasteiger partial charge in [-0.1, -0.05) is 0 Å². The lowest BCUT2D eigenvalue weighted by Crippen LogP contribution is -2.53. The lowest BCUT2D eigenvalue weighted by Gasteiger charge is -2.38. The molecule has 0 bridgehead atoms. The van der Waals surface area contributed by atoms with Crippen molar-refractivity contribution in [2.45, 2.75) is 25.5 Å². The normalized spacial score (nSPS) is 42.5. The van der Waals surface area contributed by atoms with Crippen molar-refractivity contribution in [2.24, 2.45) is 5.92 Å². The van der Waals surface area contributed by atoms with Crippen LogP contribution >= 0.6 is 0 Å². The highest BCUT2D eigenvalue weighted by Crippen LogP contribution is 2.26. The highest BCUT2D eigenvalue weighted by atomic mass is 16.5. The average molecular weight is 184 g/mol. The minimum atomic E-state index is 0.451. The lowest BCUT2D eigenvalue weighted by atomic mass is 9.91. The molecule has 0 aromatic rings. The third-order valence-electron chi connectivity index (χ3n) is 3.49. The highest BCUT2D eigenvalue weighted by Gasteiger charge is 2.34. The Bertz CT molecular complexity index is 174. The van der Waals surface area contributed by atoms with Gasteiger partial charge in [0.1, 0.15) is 0 Å². The Morgan fingerprint density at radius 1 is 1.46 bits per heavy atom. The van der Waals surface area contributed by atoms with Gasteiger partial charge in [0.05, 0.1) is 6.10 Å². The smallest absolute Gasteiger partial charge is 0.0591 e. The number of ether oxygens (including phenoxy) is 1. The molecule has 76 valence electrons. The van der Waals surface area contributed by atoms with Crippen LogP contribution in [0.4, 0.5) is 0 Å². The second-order valence-electron chi connectivity index (χ2n) is 4.28. The number of likely N-dealkylation sites (N-methyl/N-ethyl adjacent to an activating group) is 1. The van der Waals surface area contributed by atoms with Crippen LogP contribution in [0.3, 0.4) is 0 Å². The topological polar surface area (TPSA) is 24.5 Å². The SMILES string of the molecule is CC1OCCC1C1CNCCN1C. The predicted octanol–water partition coefficient (Wildman–Crippen LogP) is 0.315. The van der Waals surface area contributed by atoms with E-state index in [0.29, 0.717) is 12.1 Å². The van der Waals surface area contributed by atoms with Gasteiger partial charge < -0.3 is 15.0 Å². The third-order valence-corrected chi connectivity index (χ3v) is 3.49. The van der Waals surface area contributed by atoms with Crippen LogP contribution in [0, 0.1) is 5.92 Å². The standard InChI is InChI=1S/C10H20N2O/c1-8-9(3-6-13-8)10-7-11-4-5-12(10)2/h8-11H,3-7H2,1-2H3. The molecule has 3 unspecified atom stereocenters. The monoisotopic (exact) mass is 184 g/mol. The minimum Gasteiger partial charge on any atom is -0.378 e. The summed E-state index contributed by atoms with van der Waals surface area (Å²) in [6.45, 7) is 6.61. The third kappa shape index (κ3) is 1.87. The van der Waals surface area contributed by atoms with Gasteiger partial charge in [-0.05, 0) is 20.4 Å². The first-order valence-electron chi connectivity index (χ1n) is 5.31. The van der Waals surface area contributed by atoms with E-state index in [4.69, 9.17) is 4.74 Å². The van der Waals surface area contributed by atoms with Crippen LogP contribution < -0.4 is 5.32 Å². The van der Waals surface area contributed by atoms with Crippen LogP contribution in [0.5, 0.6) is 0 Å². The Morgan fingerprint density at radius 3 is 2.92 bits per heavy atom. The largest absolute Gasteiger partial charge is 0.378 e. The summed E-state index contributed by atoms with van der Waals surface area (Å²) in [5, 5.41) is 3.47. The molecular formula is C10H20N2O. The Kier molecular flexibility index (Phi) is 2.86. The fraction of sp³-hybridized carbons (Fsp3) is 1.00. The van der Waals surface area contributed by atoms with Crippen molar-refractivity contribution in [3.8, 4) is 0 Å². The second kappa shape index (κ2) is 3.95. The van der Waals surface area contributed by atoms with Crippen LogP contribution in [-0.2, 0) is 4.74 Å². The average Bonchev–Trinajstić information content (AvgIpc) is 2.52. The van der Waals surface area contributed by atoms with E-state index in [2.05, 4.69) is 24.2 Å². The molecule has 2 heterocycles. The number of hydrogen-bond donors (Lipinski definition) is 1. The summed E-state index contributed by atoms with van der Waals surface area (Å²) in [6.07, 6.45) is 1.69. The first-order chi connectivity index (χ1) is 6.29. The Morgan fingerprint density at radius 2 is 2.31 bits per heavy atom. The van der Waals surface area contributed by atoms with Gasteiger partial charge in [0.15, 0.2) is 0 Å². The van der Waals surface area contributed by atoms with Crippen LogP contribution in [0.1, 0.15) is 13.3 Å². The summed E-state index contributed by atoms with van der Waals surface area (Å²) in [7, 11) is 2.23. The Balaban J connectivity index is 1.97. The van der Waals surface area contributed by atoms with Gasteiger partial charge in [0.2, 0.25) is 0 Å². The minimum absolute atomic E-state index is 0.451. The van der Waals surface area contributed by atoms with Crippen molar-refractivity contribution < 1.29 is 4.74 Å². The molecule has 3 nitrogen and oxygen atoms in total. The molecule has 0 aromatic carbocycles. The van der Waals surface area contributed by atoms with Crippen molar-refractivity contribution >= 4 is 0 Å². The van der Waals surface area contributed by atoms with E-state index in [9.17, 15) is 0 Å². The van der Waals surface area contributed by atoms with Gasteiger partial charge >= 0.3 is 0 Å². The molecule has 3 heteroatoms. The maximum atomic E-state index is 5.61. The van der Waals surface area contributed by atoms with Crippen molar-refractivity contribution in [3.63, 3.8) is 0 Å². The van der Waals surface area contributed by atoms with Crippen LogP contribution in [0.15, 0.2) is 0 Å². The van der Waals surface area contributed by atoms with Gasteiger partial charge in [0.25, 0.3) is 0 Å². The summed E-state index contributed by atoms with van der Waals surface area (Å²) in [5.74, 6) is 0.734. The van der Waals surface area contributed by atoms with Crippen molar-refractivity contribution in [2.75, 3.05) is 33.3 Å². The van der Waals surface area contributed by atoms with E-state index in [-0.39, 0.29) is 0 Å². The molecule has 2 aliphatic rings. The van der Waals surface area contributed by atoms with Crippen LogP contribution in [-0.4, -0.2) is 50.3 Å². The van der Waals surface area contributed by atoms with Crippen LogP contribution in [0.2, 0.25) is 0 Å². The molecule has 2 rings (SSSR count). The van der Waals surface area contributed by atoms with Crippen molar-refractivity contribution in [3.05, 3.63) is 0 Å². The first kappa shape index (κ1) is 9.44. The zero-order valence-electron chi connectivity index (χ0n) is 8.62. The van der Waals surface area contributed by atoms with E-state index in [0.717, 1.165) is 25.6 Å². The number of rotatable bonds is 1. The fourth-order valence-corrected chi connectivity index (χ4v) is 2.56. The molecule has 0 spiro atoms. The quantitative estimate of drug-likeness (QED) is 0.635. The molecule has 0 aliphatic carbocycles. The van der Waals surface area contributed by atoms with Gasteiger partial charge in [0, 0.05) is 38.2 Å². The Hall–Kier alpha value is -0.120. The maximum Gasteiger partial charge on any atom is 0.0591 e.